The van der Waals surface area contributed by atoms with Crippen LogP contribution in [0.3, 0.4) is 0 Å². The van der Waals surface area contributed by atoms with Crippen molar-refractivity contribution < 1.29 is 9.90 Å². The van der Waals surface area contributed by atoms with Gasteiger partial charge in [-0.1, -0.05) is 15.9 Å². The third-order valence-electron chi connectivity index (χ3n) is 2.66. The Labute approximate surface area is 109 Å². The van der Waals surface area contributed by atoms with Gasteiger partial charge in [0.05, 0.1) is 11.6 Å². The van der Waals surface area contributed by atoms with Crippen LogP contribution in [0.2, 0.25) is 0 Å². The lowest BCUT2D eigenvalue weighted by molar-refractivity contribution is 0.0709. The molecule has 1 rings (SSSR count). The quantitative estimate of drug-likeness (QED) is 0.747. The van der Waals surface area contributed by atoms with Crippen LogP contribution in [0.1, 0.15) is 31.1 Å². The van der Waals surface area contributed by atoms with Gasteiger partial charge in [0.15, 0.2) is 0 Å². The molecule has 1 amide bonds. The van der Waals surface area contributed by atoms with E-state index in [1.807, 2.05) is 0 Å². The van der Waals surface area contributed by atoms with E-state index in [1.54, 1.807) is 39.0 Å². The third-order valence-corrected chi connectivity index (χ3v) is 3.12. The number of hydrogen-bond acceptors (Lipinski definition) is 3. The van der Waals surface area contributed by atoms with Crippen LogP contribution < -0.4 is 11.1 Å². The fourth-order valence-electron chi connectivity index (χ4n) is 1.21. The minimum absolute atomic E-state index is 0.260. The number of aliphatic hydroxyl groups excluding tert-OH is 1. The molecule has 0 bridgehead atoms. The van der Waals surface area contributed by atoms with Crippen molar-refractivity contribution in [1.82, 2.24) is 5.32 Å². The molecule has 1 aromatic rings. The topological polar surface area (TPSA) is 75.3 Å². The fraction of sp³-hybridized carbons (Fsp3) is 0.417. The summed E-state index contributed by atoms with van der Waals surface area (Å²) in [6.07, 6.45) is -0.643. The summed E-state index contributed by atoms with van der Waals surface area (Å²) in [4.78, 5) is 12.0. The van der Waals surface area contributed by atoms with Gasteiger partial charge in [0, 0.05) is 15.7 Å². The predicted molar refractivity (Wildman–Crippen MR) is 71.8 cm³/mol. The Morgan fingerprint density at radius 2 is 2.06 bits per heavy atom. The number of nitrogen functional groups attached to an aromatic ring is 1. The lowest BCUT2D eigenvalue weighted by Gasteiger charge is -2.29. The molecular weight excluding hydrogens is 284 g/mol. The SMILES string of the molecule is CC(O)C(C)(C)NC(=O)c1cc(N)cc(Br)c1. The lowest BCUT2D eigenvalue weighted by Crippen LogP contribution is -2.50. The van der Waals surface area contributed by atoms with E-state index in [0.29, 0.717) is 11.3 Å². The Bertz CT molecular complexity index is 410. The first-order valence-corrected chi connectivity index (χ1v) is 6.08. The number of rotatable bonds is 3. The second-order valence-corrected chi connectivity index (χ2v) is 5.54. The predicted octanol–water partition coefficient (Wildman–Crippen LogP) is 1.92. The Balaban J connectivity index is 2.91. The van der Waals surface area contributed by atoms with Crippen molar-refractivity contribution >= 4 is 27.5 Å². The van der Waals surface area contributed by atoms with Crippen molar-refractivity contribution in [2.24, 2.45) is 0 Å². The Morgan fingerprint density at radius 3 is 2.53 bits per heavy atom. The molecule has 0 aliphatic rings. The highest BCUT2D eigenvalue weighted by Gasteiger charge is 2.26. The average molecular weight is 301 g/mol. The monoisotopic (exact) mass is 300 g/mol. The molecule has 94 valence electrons. The van der Waals surface area contributed by atoms with Gasteiger partial charge in [-0.05, 0) is 39.0 Å². The summed E-state index contributed by atoms with van der Waals surface area (Å²) in [6, 6.07) is 5.00. The van der Waals surface area contributed by atoms with Crippen LogP contribution in [0.15, 0.2) is 22.7 Å². The lowest BCUT2D eigenvalue weighted by atomic mass is 9.98. The van der Waals surface area contributed by atoms with Crippen LogP contribution in [-0.4, -0.2) is 22.7 Å². The summed E-state index contributed by atoms with van der Waals surface area (Å²) in [6.45, 7) is 5.16. The molecule has 0 radical (unpaired) electrons. The number of benzene rings is 1. The highest BCUT2D eigenvalue weighted by molar-refractivity contribution is 9.10. The number of hydrogen-bond donors (Lipinski definition) is 3. The number of carbonyl (C=O) groups excluding carboxylic acids is 1. The van der Waals surface area contributed by atoms with Gasteiger partial charge < -0.3 is 16.2 Å². The minimum Gasteiger partial charge on any atom is -0.399 e. The highest BCUT2D eigenvalue weighted by atomic mass is 79.9. The van der Waals surface area contributed by atoms with Gasteiger partial charge in [0.2, 0.25) is 0 Å². The number of halogens is 1. The van der Waals surface area contributed by atoms with Gasteiger partial charge in [-0.3, -0.25) is 4.79 Å². The Hall–Kier alpha value is -1.07. The molecule has 5 heteroatoms. The molecule has 0 aliphatic heterocycles. The number of nitrogens with one attached hydrogen (secondary N) is 1. The molecule has 0 aliphatic carbocycles. The molecule has 1 aromatic carbocycles. The number of anilines is 1. The summed E-state index contributed by atoms with van der Waals surface area (Å²) in [5.74, 6) is -0.260. The number of amides is 1. The zero-order valence-corrected chi connectivity index (χ0v) is 11.7. The molecule has 1 unspecified atom stereocenters. The second-order valence-electron chi connectivity index (χ2n) is 4.63. The highest BCUT2D eigenvalue weighted by Crippen LogP contribution is 2.18. The van der Waals surface area contributed by atoms with E-state index in [4.69, 9.17) is 5.73 Å². The smallest absolute Gasteiger partial charge is 0.251 e. The molecule has 1 atom stereocenters. The molecular formula is C12H17BrN2O2. The van der Waals surface area contributed by atoms with Crippen molar-refractivity contribution in [3.63, 3.8) is 0 Å². The van der Waals surface area contributed by atoms with Crippen molar-refractivity contribution in [2.75, 3.05) is 5.73 Å². The first-order valence-electron chi connectivity index (χ1n) is 5.29. The van der Waals surface area contributed by atoms with E-state index in [9.17, 15) is 9.90 Å². The van der Waals surface area contributed by atoms with Gasteiger partial charge in [0.25, 0.3) is 5.91 Å². The molecule has 4 N–H and O–H groups in total. The van der Waals surface area contributed by atoms with Crippen LogP contribution in [0.5, 0.6) is 0 Å². The van der Waals surface area contributed by atoms with Gasteiger partial charge in [0.1, 0.15) is 0 Å². The van der Waals surface area contributed by atoms with Gasteiger partial charge in [-0.2, -0.15) is 0 Å². The molecule has 0 spiro atoms. The van der Waals surface area contributed by atoms with E-state index >= 15 is 0 Å². The van der Waals surface area contributed by atoms with Crippen molar-refractivity contribution in [2.45, 2.75) is 32.4 Å². The van der Waals surface area contributed by atoms with Crippen LogP contribution in [0.4, 0.5) is 5.69 Å². The van der Waals surface area contributed by atoms with Gasteiger partial charge in [-0.25, -0.2) is 0 Å². The first kappa shape index (κ1) is 14.0. The minimum atomic E-state index is -0.686. The van der Waals surface area contributed by atoms with Crippen LogP contribution >= 0.6 is 15.9 Å². The number of nitrogens with two attached hydrogens (primary N) is 1. The maximum Gasteiger partial charge on any atom is 0.251 e. The second kappa shape index (κ2) is 5.06. The zero-order chi connectivity index (χ0) is 13.2. The standard InChI is InChI=1S/C12H17BrN2O2/c1-7(16)12(2,3)15-11(17)8-4-9(13)6-10(14)5-8/h4-7,16H,14H2,1-3H3,(H,15,17). The maximum absolute atomic E-state index is 12.0. The molecule has 17 heavy (non-hydrogen) atoms. The van der Waals surface area contributed by atoms with Crippen LogP contribution in [0, 0.1) is 0 Å². The molecule has 0 heterocycles. The van der Waals surface area contributed by atoms with E-state index in [0.717, 1.165) is 4.47 Å². The number of aliphatic hydroxyl groups is 1. The van der Waals surface area contributed by atoms with Gasteiger partial charge in [-0.15, -0.1) is 0 Å². The van der Waals surface area contributed by atoms with Crippen LogP contribution in [0.25, 0.3) is 0 Å². The molecule has 0 fully saturated rings. The number of carbonyl (C=O) groups is 1. The Kier molecular flexibility index (Phi) is 4.16. The van der Waals surface area contributed by atoms with E-state index in [1.165, 1.54) is 0 Å². The summed E-state index contributed by atoms with van der Waals surface area (Å²) in [5.41, 5.74) is 5.95. The Morgan fingerprint density at radius 1 is 1.47 bits per heavy atom. The molecule has 0 aromatic heterocycles. The average Bonchev–Trinajstić information content (AvgIpc) is 2.15. The third kappa shape index (κ3) is 3.71. The molecule has 0 saturated heterocycles. The summed E-state index contributed by atoms with van der Waals surface area (Å²) >= 11 is 3.28. The van der Waals surface area contributed by atoms with Crippen molar-refractivity contribution in [1.29, 1.82) is 0 Å². The normalized spacial score (nSPS) is 13.2. The molecule has 0 saturated carbocycles. The van der Waals surface area contributed by atoms with Crippen molar-refractivity contribution in [3.05, 3.63) is 28.2 Å². The fourth-order valence-corrected chi connectivity index (χ4v) is 1.72. The van der Waals surface area contributed by atoms with E-state index < -0.39 is 11.6 Å². The largest absolute Gasteiger partial charge is 0.399 e. The van der Waals surface area contributed by atoms with Crippen molar-refractivity contribution in [3.8, 4) is 0 Å². The summed E-state index contributed by atoms with van der Waals surface area (Å²) in [7, 11) is 0. The maximum atomic E-state index is 12.0. The first-order chi connectivity index (χ1) is 7.72. The molecule has 4 nitrogen and oxygen atoms in total. The van der Waals surface area contributed by atoms with E-state index in [2.05, 4.69) is 21.2 Å². The van der Waals surface area contributed by atoms with Crippen LogP contribution in [-0.2, 0) is 0 Å². The van der Waals surface area contributed by atoms with Gasteiger partial charge >= 0.3 is 0 Å². The zero-order valence-electron chi connectivity index (χ0n) is 10.1. The summed E-state index contributed by atoms with van der Waals surface area (Å²) < 4.78 is 0.748. The van der Waals surface area contributed by atoms with E-state index in [-0.39, 0.29) is 5.91 Å². The summed E-state index contributed by atoms with van der Waals surface area (Å²) in [5, 5.41) is 12.3.